The van der Waals surface area contributed by atoms with Gasteiger partial charge >= 0.3 is 0 Å². The number of pyridine rings is 1. The second kappa shape index (κ2) is 5.05. The van der Waals surface area contributed by atoms with Crippen molar-refractivity contribution < 1.29 is 0 Å². The van der Waals surface area contributed by atoms with Crippen molar-refractivity contribution in [2.24, 2.45) is 5.92 Å². The predicted molar refractivity (Wildman–Crippen MR) is 70.1 cm³/mol. The first-order chi connectivity index (χ1) is 8.08. The molecule has 17 heavy (non-hydrogen) atoms. The maximum atomic E-state index is 12.3. The number of aromatic nitrogens is 1. The Labute approximate surface area is 103 Å². The quantitative estimate of drug-likeness (QED) is 0.846. The third kappa shape index (κ3) is 3.19. The normalized spacial score (nSPS) is 15.5. The lowest BCUT2D eigenvalue weighted by Crippen LogP contribution is -2.30. The second-order valence-electron chi connectivity index (χ2n) is 5.46. The summed E-state index contributed by atoms with van der Waals surface area (Å²) in [5, 5.41) is 3.40. The number of rotatable bonds is 5. The Balaban J connectivity index is 2.18. The molecule has 94 valence electrons. The number of hydrogen-bond donors (Lipinski definition) is 1. The summed E-state index contributed by atoms with van der Waals surface area (Å²) in [5.74, 6) is 0.498. The Bertz CT molecular complexity index is 444. The molecule has 0 bridgehead atoms. The van der Waals surface area contributed by atoms with Crippen LogP contribution in [-0.2, 0) is 13.1 Å². The molecular formula is C14H22N2O. The fourth-order valence-corrected chi connectivity index (χ4v) is 1.98. The summed E-state index contributed by atoms with van der Waals surface area (Å²) in [6.45, 7) is 7.80. The molecule has 3 nitrogen and oxygen atoms in total. The third-order valence-electron chi connectivity index (χ3n) is 3.18. The first kappa shape index (κ1) is 12.4. The van der Waals surface area contributed by atoms with Gasteiger partial charge in [0.2, 0.25) is 0 Å². The van der Waals surface area contributed by atoms with Crippen molar-refractivity contribution in [2.75, 3.05) is 0 Å². The van der Waals surface area contributed by atoms with Gasteiger partial charge in [0.25, 0.3) is 5.56 Å². The molecule has 1 heterocycles. The van der Waals surface area contributed by atoms with Crippen LogP contribution in [0, 0.1) is 12.8 Å². The van der Waals surface area contributed by atoms with Crippen molar-refractivity contribution in [3.05, 3.63) is 33.7 Å². The van der Waals surface area contributed by atoms with Crippen molar-refractivity contribution >= 4 is 0 Å². The number of hydrogen-bond acceptors (Lipinski definition) is 2. The summed E-state index contributed by atoms with van der Waals surface area (Å²) < 4.78 is 1.90. The van der Waals surface area contributed by atoms with Crippen LogP contribution >= 0.6 is 0 Å². The molecule has 0 aliphatic heterocycles. The first-order valence-electron chi connectivity index (χ1n) is 6.50. The molecule has 3 heteroatoms. The average molecular weight is 234 g/mol. The molecule has 0 unspecified atom stereocenters. The van der Waals surface area contributed by atoms with E-state index < -0.39 is 0 Å². The van der Waals surface area contributed by atoms with Crippen LogP contribution in [-0.4, -0.2) is 10.6 Å². The Kier molecular flexibility index (Phi) is 3.67. The molecule has 1 N–H and O–H groups in total. The van der Waals surface area contributed by atoms with Crippen LogP contribution in [0.4, 0.5) is 0 Å². The van der Waals surface area contributed by atoms with E-state index in [-0.39, 0.29) is 5.56 Å². The van der Waals surface area contributed by atoms with Gasteiger partial charge in [-0.15, -0.1) is 0 Å². The molecule has 0 saturated heterocycles. The number of aryl methyl sites for hydroxylation is 1. The molecule has 0 aromatic carbocycles. The van der Waals surface area contributed by atoms with Crippen LogP contribution in [0.3, 0.4) is 0 Å². The van der Waals surface area contributed by atoms with Crippen molar-refractivity contribution in [1.29, 1.82) is 0 Å². The fraction of sp³-hybridized carbons (Fsp3) is 0.643. The number of nitrogens with one attached hydrogen (secondary N) is 1. The summed E-state index contributed by atoms with van der Waals surface area (Å²) in [6, 6.07) is 4.66. The van der Waals surface area contributed by atoms with Gasteiger partial charge in [0.05, 0.1) is 0 Å². The number of nitrogens with zero attached hydrogens (tertiary/aromatic N) is 1. The van der Waals surface area contributed by atoms with Crippen molar-refractivity contribution in [3.8, 4) is 0 Å². The van der Waals surface area contributed by atoms with Crippen molar-refractivity contribution in [1.82, 2.24) is 9.88 Å². The zero-order valence-corrected chi connectivity index (χ0v) is 11.0. The van der Waals surface area contributed by atoms with Crippen LogP contribution < -0.4 is 10.9 Å². The lowest BCUT2D eigenvalue weighted by molar-refractivity contribution is 0.498. The van der Waals surface area contributed by atoms with E-state index in [1.165, 1.54) is 12.8 Å². The molecule has 1 aliphatic rings. The van der Waals surface area contributed by atoms with Crippen LogP contribution in [0.15, 0.2) is 16.9 Å². The Morgan fingerprint density at radius 2 is 2.12 bits per heavy atom. The standard InChI is InChI=1S/C14H22N2O/c1-10(2)9-16-11(3)4-5-12(14(16)17)8-15-13-6-7-13/h4-5,10,13,15H,6-9H2,1-3H3. The predicted octanol–water partition coefficient (Wildman–Crippen LogP) is 2.06. The summed E-state index contributed by atoms with van der Waals surface area (Å²) in [7, 11) is 0. The van der Waals surface area contributed by atoms with Gasteiger partial charge in [0.15, 0.2) is 0 Å². The zero-order valence-electron chi connectivity index (χ0n) is 11.0. The summed E-state index contributed by atoms with van der Waals surface area (Å²) >= 11 is 0. The second-order valence-corrected chi connectivity index (χ2v) is 5.46. The van der Waals surface area contributed by atoms with Gasteiger partial charge in [0, 0.05) is 30.4 Å². The maximum absolute atomic E-state index is 12.3. The van der Waals surface area contributed by atoms with Crippen LogP contribution in [0.2, 0.25) is 0 Å². The molecule has 0 radical (unpaired) electrons. The lowest BCUT2D eigenvalue weighted by atomic mass is 10.2. The van der Waals surface area contributed by atoms with E-state index in [2.05, 4.69) is 19.2 Å². The highest BCUT2D eigenvalue weighted by Gasteiger charge is 2.20. The Morgan fingerprint density at radius 1 is 1.41 bits per heavy atom. The topological polar surface area (TPSA) is 34.0 Å². The van der Waals surface area contributed by atoms with Gasteiger partial charge < -0.3 is 9.88 Å². The minimum Gasteiger partial charge on any atom is -0.312 e. The molecule has 1 fully saturated rings. The minimum absolute atomic E-state index is 0.173. The molecule has 1 aromatic rings. The minimum atomic E-state index is 0.173. The molecule has 1 aliphatic carbocycles. The lowest BCUT2D eigenvalue weighted by Gasteiger charge is -2.14. The van der Waals surface area contributed by atoms with Crippen LogP contribution in [0.5, 0.6) is 0 Å². The van der Waals surface area contributed by atoms with Gasteiger partial charge in [-0.25, -0.2) is 0 Å². The summed E-state index contributed by atoms with van der Waals surface area (Å²) in [5.41, 5.74) is 2.12. The molecule has 0 amide bonds. The summed E-state index contributed by atoms with van der Waals surface area (Å²) in [6.07, 6.45) is 2.51. The highest BCUT2D eigenvalue weighted by molar-refractivity contribution is 5.15. The molecule has 1 aromatic heterocycles. The third-order valence-corrected chi connectivity index (χ3v) is 3.18. The zero-order chi connectivity index (χ0) is 12.4. The van der Waals surface area contributed by atoms with Gasteiger partial charge in [-0.2, -0.15) is 0 Å². The largest absolute Gasteiger partial charge is 0.312 e. The van der Waals surface area contributed by atoms with E-state index in [0.717, 1.165) is 17.8 Å². The van der Waals surface area contributed by atoms with Gasteiger partial charge in [-0.3, -0.25) is 4.79 Å². The van der Waals surface area contributed by atoms with Crippen LogP contribution in [0.25, 0.3) is 0 Å². The van der Waals surface area contributed by atoms with Gasteiger partial charge in [0.1, 0.15) is 0 Å². The average Bonchev–Trinajstić information content (AvgIpc) is 3.06. The monoisotopic (exact) mass is 234 g/mol. The SMILES string of the molecule is Cc1ccc(CNC2CC2)c(=O)n1CC(C)C. The molecule has 2 rings (SSSR count). The van der Waals surface area contributed by atoms with E-state index in [1.54, 1.807) is 0 Å². The highest BCUT2D eigenvalue weighted by atomic mass is 16.1. The van der Waals surface area contributed by atoms with Crippen molar-refractivity contribution in [2.45, 2.75) is 52.7 Å². The van der Waals surface area contributed by atoms with Crippen molar-refractivity contribution in [3.63, 3.8) is 0 Å². The first-order valence-corrected chi connectivity index (χ1v) is 6.50. The molecule has 0 atom stereocenters. The van der Waals surface area contributed by atoms with E-state index in [0.29, 0.717) is 18.5 Å². The Morgan fingerprint density at radius 3 is 2.71 bits per heavy atom. The molecule has 0 spiro atoms. The maximum Gasteiger partial charge on any atom is 0.255 e. The van der Waals surface area contributed by atoms with E-state index in [4.69, 9.17) is 0 Å². The molecular weight excluding hydrogens is 212 g/mol. The van der Waals surface area contributed by atoms with Gasteiger partial charge in [-0.05, 0) is 31.7 Å². The fourth-order valence-electron chi connectivity index (χ4n) is 1.98. The highest BCUT2D eigenvalue weighted by Crippen LogP contribution is 2.18. The molecule has 1 saturated carbocycles. The van der Waals surface area contributed by atoms with E-state index >= 15 is 0 Å². The summed E-state index contributed by atoms with van der Waals surface area (Å²) in [4.78, 5) is 12.3. The van der Waals surface area contributed by atoms with E-state index in [1.807, 2.05) is 23.6 Å². The smallest absolute Gasteiger partial charge is 0.255 e. The Hall–Kier alpha value is -1.09. The van der Waals surface area contributed by atoms with E-state index in [9.17, 15) is 4.79 Å². The van der Waals surface area contributed by atoms with Crippen LogP contribution in [0.1, 0.15) is 37.9 Å². The van der Waals surface area contributed by atoms with Gasteiger partial charge in [-0.1, -0.05) is 19.9 Å².